The fourth-order valence-corrected chi connectivity index (χ4v) is 3.67. The maximum atomic E-state index is 12.3. The number of amides is 1. The molecule has 0 aliphatic carbocycles. The van der Waals surface area contributed by atoms with Crippen LogP contribution >= 0.6 is 15.9 Å². The van der Waals surface area contributed by atoms with Crippen molar-refractivity contribution >= 4 is 22.0 Å². The molecule has 1 aromatic carbocycles. The first kappa shape index (κ1) is 15.8. The molecule has 3 aliphatic rings. The van der Waals surface area contributed by atoms with Crippen LogP contribution in [-0.2, 0) is 10.3 Å². The van der Waals surface area contributed by atoms with Gasteiger partial charge in [-0.3, -0.25) is 4.90 Å². The standard InChI is InChI=1S/C17H23BrN2O2/c1-17(2,13-3-5-14(18)6-4-13)19-16(21)22-15-11-20-9-7-12(15)8-10-20/h3-6,12,15H,7-11H2,1-2H3,(H,19,21). The van der Waals surface area contributed by atoms with Crippen LogP contribution in [0.5, 0.6) is 0 Å². The Balaban J connectivity index is 1.60. The van der Waals surface area contributed by atoms with Crippen LogP contribution in [0.25, 0.3) is 0 Å². The minimum atomic E-state index is -0.453. The highest BCUT2D eigenvalue weighted by atomic mass is 79.9. The molecule has 1 amide bonds. The number of piperidine rings is 3. The van der Waals surface area contributed by atoms with E-state index in [9.17, 15) is 4.79 Å². The number of nitrogens with one attached hydrogen (secondary N) is 1. The Morgan fingerprint density at radius 1 is 1.27 bits per heavy atom. The van der Waals surface area contributed by atoms with Gasteiger partial charge in [-0.15, -0.1) is 0 Å². The van der Waals surface area contributed by atoms with E-state index in [1.165, 1.54) is 0 Å². The third-order valence-corrected chi connectivity index (χ3v) is 5.36. The number of hydrogen-bond acceptors (Lipinski definition) is 3. The van der Waals surface area contributed by atoms with Gasteiger partial charge in [0.15, 0.2) is 0 Å². The maximum Gasteiger partial charge on any atom is 0.408 e. The lowest BCUT2D eigenvalue weighted by Gasteiger charge is -2.44. The molecule has 3 fully saturated rings. The van der Waals surface area contributed by atoms with Gasteiger partial charge in [0.2, 0.25) is 0 Å². The third-order valence-electron chi connectivity index (χ3n) is 4.84. The van der Waals surface area contributed by atoms with E-state index < -0.39 is 5.54 Å². The summed E-state index contributed by atoms with van der Waals surface area (Å²) in [5, 5.41) is 3.00. The number of carbonyl (C=O) groups excluding carboxylic acids is 1. The van der Waals surface area contributed by atoms with Crippen LogP contribution in [0.2, 0.25) is 0 Å². The first-order chi connectivity index (χ1) is 10.4. The number of alkyl carbamates (subject to hydrolysis) is 1. The summed E-state index contributed by atoms with van der Waals surface area (Å²) in [4.78, 5) is 14.7. The Hall–Kier alpha value is -1.07. The molecule has 0 saturated carbocycles. The van der Waals surface area contributed by atoms with Crippen molar-refractivity contribution in [2.45, 2.75) is 38.3 Å². The monoisotopic (exact) mass is 366 g/mol. The summed E-state index contributed by atoms with van der Waals surface area (Å²) in [6, 6.07) is 7.99. The molecule has 1 aromatic rings. The van der Waals surface area contributed by atoms with Gasteiger partial charge in [0.1, 0.15) is 6.10 Å². The van der Waals surface area contributed by atoms with Gasteiger partial charge in [-0.25, -0.2) is 4.79 Å². The van der Waals surface area contributed by atoms with Crippen molar-refractivity contribution in [2.24, 2.45) is 5.92 Å². The predicted octanol–water partition coefficient (Wildman–Crippen LogP) is 3.50. The average molecular weight is 367 g/mol. The van der Waals surface area contributed by atoms with Crippen LogP contribution in [0.4, 0.5) is 4.79 Å². The minimum Gasteiger partial charge on any atom is -0.445 e. The largest absolute Gasteiger partial charge is 0.445 e. The third kappa shape index (κ3) is 3.46. The van der Waals surface area contributed by atoms with E-state index in [2.05, 4.69) is 26.1 Å². The van der Waals surface area contributed by atoms with Crippen molar-refractivity contribution in [2.75, 3.05) is 19.6 Å². The lowest BCUT2D eigenvalue weighted by Crippen LogP contribution is -2.53. The summed E-state index contributed by atoms with van der Waals surface area (Å²) in [7, 11) is 0. The fourth-order valence-electron chi connectivity index (χ4n) is 3.41. The summed E-state index contributed by atoms with van der Waals surface area (Å²) in [5.74, 6) is 0.534. The Morgan fingerprint density at radius 2 is 1.91 bits per heavy atom. The highest BCUT2D eigenvalue weighted by molar-refractivity contribution is 9.10. The van der Waals surface area contributed by atoms with E-state index >= 15 is 0 Å². The van der Waals surface area contributed by atoms with E-state index in [4.69, 9.17) is 4.74 Å². The van der Waals surface area contributed by atoms with Crippen LogP contribution in [-0.4, -0.2) is 36.7 Å². The maximum absolute atomic E-state index is 12.3. The molecule has 4 nitrogen and oxygen atoms in total. The van der Waals surface area contributed by atoms with E-state index in [0.29, 0.717) is 5.92 Å². The van der Waals surface area contributed by atoms with Crippen molar-refractivity contribution in [1.29, 1.82) is 0 Å². The molecule has 5 heteroatoms. The number of rotatable bonds is 3. The number of fused-ring (bicyclic) bond motifs is 3. The average Bonchev–Trinajstić information content (AvgIpc) is 2.48. The lowest BCUT2D eigenvalue weighted by atomic mass is 9.86. The smallest absolute Gasteiger partial charge is 0.408 e. The molecule has 1 N–H and O–H groups in total. The molecule has 4 rings (SSSR count). The summed E-state index contributed by atoms with van der Waals surface area (Å²) in [6.45, 7) is 7.17. The highest BCUT2D eigenvalue weighted by Gasteiger charge is 2.37. The van der Waals surface area contributed by atoms with Crippen LogP contribution < -0.4 is 5.32 Å². The number of nitrogens with zero attached hydrogens (tertiary/aromatic N) is 1. The molecule has 3 heterocycles. The van der Waals surface area contributed by atoms with Crippen molar-refractivity contribution in [3.05, 3.63) is 34.3 Å². The van der Waals surface area contributed by atoms with Gasteiger partial charge >= 0.3 is 6.09 Å². The molecule has 1 atom stereocenters. The van der Waals surface area contributed by atoms with Crippen LogP contribution in [0.3, 0.4) is 0 Å². The minimum absolute atomic E-state index is 0.0446. The summed E-state index contributed by atoms with van der Waals surface area (Å²) >= 11 is 3.43. The Bertz CT molecular complexity index is 536. The molecule has 3 saturated heterocycles. The van der Waals surface area contributed by atoms with Crippen LogP contribution in [0, 0.1) is 5.92 Å². The van der Waals surface area contributed by atoms with Gasteiger partial charge in [0, 0.05) is 11.0 Å². The molecule has 2 bridgehead atoms. The second-order valence-corrected chi connectivity index (χ2v) is 7.75. The van der Waals surface area contributed by atoms with E-state index in [0.717, 1.165) is 42.5 Å². The predicted molar refractivity (Wildman–Crippen MR) is 89.7 cm³/mol. The van der Waals surface area contributed by atoms with Gasteiger partial charge in [-0.05, 0) is 63.4 Å². The van der Waals surface area contributed by atoms with Crippen molar-refractivity contribution in [3.63, 3.8) is 0 Å². The zero-order valence-electron chi connectivity index (χ0n) is 13.1. The SMILES string of the molecule is CC(C)(NC(=O)OC1CN2CCC1CC2)c1ccc(Br)cc1. The number of carbonyl (C=O) groups is 1. The van der Waals surface area contributed by atoms with E-state index in [-0.39, 0.29) is 12.2 Å². The second-order valence-electron chi connectivity index (χ2n) is 6.84. The van der Waals surface area contributed by atoms with E-state index in [1.807, 2.05) is 38.1 Å². The van der Waals surface area contributed by atoms with Gasteiger partial charge in [0.05, 0.1) is 5.54 Å². The molecule has 0 aromatic heterocycles. The fraction of sp³-hybridized carbons (Fsp3) is 0.588. The van der Waals surface area contributed by atoms with Crippen LogP contribution in [0.15, 0.2) is 28.7 Å². The first-order valence-corrected chi connectivity index (χ1v) is 8.70. The van der Waals surface area contributed by atoms with Gasteiger partial charge in [-0.2, -0.15) is 0 Å². The molecular weight excluding hydrogens is 344 g/mol. The first-order valence-electron chi connectivity index (χ1n) is 7.91. The Morgan fingerprint density at radius 3 is 2.45 bits per heavy atom. The molecule has 3 aliphatic heterocycles. The Labute approximate surface area is 140 Å². The molecule has 0 radical (unpaired) electrons. The summed E-state index contributed by atoms with van der Waals surface area (Å²) < 4.78 is 6.73. The topological polar surface area (TPSA) is 41.6 Å². The van der Waals surface area contributed by atoms with Gasteiger partial charge < -0.3 is 10.1 Å². The number of halogens is 1. The van der Waals surface area contributed by atoms with Crippen molar-refractivity contribution in [1.82, 2.24) is 10.2 Å². The van der Waals surface area contributed by atoms with Gasteiger partial charge in [0.25, 0.3) is 0 Å². The van der Waals surface area contributed by atoms with Crippen molar-refractivity contribution in [3.8, 4) is 0 Å². The normalized spacial score (nSPS) is 27.5. The van der Waals surface area contributed by atoms with Crippen LogP contribution in [0.1, 0.15) is 32.3 Å². The highest BCUT2D eigenvalue weighted by Crippen LogP contribution is 2.30. The zero-order valence-corrected chi connectivity index (χ0v) is 14.7. The van der Waals surface area contributed by atoms with Crippen molar-refractivity contribution < 1.29 is 9.53 Å². The zero-order chi connectivity index (χ0) is 15.7. The summed E-state index contributed by atoms with van der Waals surface area (Å²) in [6.07, 6.45) is 2.03. The summed E-state index contributed by atoms with van der Waals surface area (Å²) in [5.41, 5.74) is 0.604. The molecule has 1 unspecified atom stereocenters. The molecule has 22 heavy (non-hydrogen) atoms. The van der Waals surface area contributed by atoms with Gasteiger partial charge in [-0.1, -0.05) is 28.1 Å². The Kier molecular flexibility index (Phi) is 4.46. The number of hydrogen-bond donors (Lipinski definition) is 1. The molecule has 120 valence electrons. The molecular formula is C17H23BrN2O2. The number of ether oxygens (including phenoxy) is 1. The quantitative estimate of drug-likeness (QED) is 0.889. The molecule has 0 spiro atoms. The van der Waals surface area contributed by atoms with E-state index in [1.54, 1.807) is 0 Å². The lowest BCUT2D eigenvalue weighted by molar-refractivity contribution is -0.0349. The number of benzene rings is 1. The second kappa shape index (κ2) is 6.20.